The van der Waals surface area contributed by atoms with Crippen LogP contribution < -0.4 is 11.1 Å². The maximum absolute atomic E-state index is 12.6. The van der Waals surface area contributed by atoms with Gasteiger partial charge in [-0.3, -0.25) is 19.3 Å². The van der Waals surface area contributed by atoms with E-state index in [0.29, 0.717) is 5.75 Å². The highest BCUT2D eigenvalue weighted by molar-refractivity contribution is 8.00. The normalized spacial score (nSPS) is 21.4. The predicted molar refractivity (Wildman–Crippen MR) is 110 cm³/mol. The number of hydrogen-bond donors (Lipinski definition) is 3. The molecule has 3 atom stereocenters. The average Bonchev–Trinajstić information content (AvgIpc) is 3.17. The average molecular weight is 470 g/mol. The van der Waals surface area contributed by atoms with E-state index in [9.17, 15) is 24.4 Å². The fourth-order valence-corrected chi connectivity index (χ4v) is 4.59. The molecule has 12 nitrogen and oxygen atoms in total. The van der Waals surface area contributed by atoms with Crippen LogP contribution in [-0.2, 0) is 28.7 Å². The topological polar surface area (TPSA) is 174 Å². The van der Waals surface area contributed by atoms with Crippen LogP contribution in [0.2, 0.25) is 0 Å². The number of thioether (sulfide) groups is 1. The summed E-state index contributed by atoms with van der Waals surface area (Å²) in [5.41, 5.74) is 5.22. The van der Waals surface area contributed by atoms with Crippen molar-refractivity contribution >= 4 is 57.7 Å². The molecule has 1 saturated heterocycles. The van der Waals surface area contributed by atoms with Gasteiger partial charge < -0.3 is 25.7 Å². The summed E-state index contributed by atoms with van der Waals surface area (Å²) in [4.78, 5) is 54.0. The van der Waals surface area contributed by atoms with Crippen LogP contribution in [0.3, 0.4) is 0 Å². The van der Waals surface area contributed by atoms with Gasteiger partial charge in [-0.15, -0.1) is 23.1 Å². The third kappa shape index (κ3) is 4.64. The van der Waals surface area contributed by atoms with E-state index in [1.165, 1.54) is 35.0 Å². The van der Waals surface area contributed by atoms with Crippen LogP contribution in [0.25, 0.3) is 0 Å². The van der Waals surface area contributed by atoms with Crippen LogP contribution in [-0.4, -0.2) is 68.0 Å². The van der Waals surface area contributed by atoms with Crippen molar-refractivity contribution in [2.75, 3.05) is 11.5 Å². The maximum Gasteiger partial charge on any atom is 0.357 e. The minimum absolute atomic E-state index is 0.00182. The molecule has 2 aliphatic heterocycles. The minimum atomic E-state index is -1.12. The first-order chi connectivity index (χ1) is 14.8. The highest BCUT2D eigenvalue weighted by Gasteiger charge is 2.53. The molecule has 31 heavy (non-hydrogen) atoms. The van der Waals surface area contributed by atoms with E-state index < -0.39 is 41.5 Å². The number of nitrogens with zero attached hydrogens (tertiary/aromatic N) is 3. The Labute approximate surface area is 184 Å². The molecule has 14 heteroatoms. The van der Waals surface area contributed by atoms with Gasteiger partial charge in [0.25, 0.3) is 11.8 Å². The summed E-state index contributed by atoms with van der Waals surface area (Å²) in [5, 5.41) is 15.7. The molecule has 1 aromatic heterocycles. The van der Waals surface area contributed by atoms with Gasteiger partial charge in [-0.2, -0.15) is 0 Å². The summed E-state index contributed by atoms with van der Waals surface area (Å²) in [5.74, 6) is -2.32. The number of esters is 2. The van der Waals surface area contributed by atoms with E-state index in [0.717, 1.165) is 11.3 Å². The molecule has 0 bridgehead atoms. The SMILES string of the molecule is CCC(=O)OC(C)OC(=O)C1=CCS[C@H]2C(NC(=O)C(=NO)c3csc(N)n3)C(=O)N12. The van der Waals surface area contributed by atoms with Crippen LogP contribution in [0, 0.1) is 0 Å². The Bertz CT molecular complexity index is 976. The summed E-state index contributed by atoms with van der Waals surface area (Å²) >= 11 is 2.39. The molecule has 2 amide bonds. The second-order valence-electron chi connectivity index (χ2n) is 6.31. The fraction of sp³-hybridized carbons (Fsp3) is 0.412. The molecule has 166 valence electrons. The lowest BCUT2D eigenvalue weighted by Crippen LogP contribution is -2.70. The van der Waals surface area contributed by atoms with Crippen LogP contribution in [0.4, 0.5) is 5.13 Å². The van der Waals surface area contributed by atoms with Crippen LogP contribution >= 0.6 is 23.1 Å². The largest absolute Gasteiger partial charge is 0.425 e. The van der Waals surface area contributed by atoms with Crippen molar-refractivity contribution in [2.45, 2.75) is 38.0 Å². The number of nitrogens with one attached hydrogen (secondary N) is 1. The van der Waals surface area contributed by atoms with E-state index >= 15 is 0 Å². The van der Waals surface area contributed by atoms with Gasteiger partial charge in [0.05, 0.1) is 0 Å². The van der Waals surface area contributed by atoms with Gasteiger partial charge >= 0.3 is 11.9 Å². The highest BCUT2D eigenvalue weighted by atomic mass is 32.2. The van der Waals surface area contributed by atoms with Crippen molar-refractivity contribution in [3.05, 3.63) is 22.8 Å². The molecule has 4 N–H and O–H groups in total. The lowest BCUT2D eigenvalue weighted by atomic mass is 10.0. The highest BCUT2D eigenvalue weighted by Crippen LogP contribution is 2.38. The zero-order valence-corrected chi connectivity index (χ0v) is 18.1. The minimum Gasteiger partial charge on any atom is -0.425 e. The molecule has 1 fully saturated rings. The number of β-lactam (4-membered cyclic amide) rings is 1. The van der Waals surface area contributed by atoms with Gasteiger partial charge in [0.15, 0.2) is 10.8 Å². The van der Waals surface area contributed by atoms with Crippen LogP contribution in [0.1, 0.15) is 26.0 Å². The molecular formula is C17H19N5O7S2. The molecule has 0 saturated carbocycles. The van der Waals surface area contributed by atoms with E-state index in [-0.39, 0.29) is 28.7 Å². The molecule has 1 aromatic rings. The molecule has 0 aliphatic carbocycles. The van der Waals surface area contributed by atoms with E-state index in [2.05, 4.69) is 15.5 Å². The first kappa shape index (κ1) is 22.6. The smallest absolute Gasteiger partial charge is 0.357 e. The van der Waals surface area contributed by atoms with Gasteiger partial charge in [0.1, 0.15) is 22.8 Å². The number of anilines is 1. The zero-order chi connectivity index (χ0) is 22.7. The van der Waals surface area contributed by atoms with Crippen molar-refractivity contribution in [3.63, 3.8) is 0 Å². The predicted octanol–water partition coefficient (Wildman–Crippen LogP) is 0.0298. The van der Waals surface area contributed by atoms with Gasteiger partial charge in [-0.1, -0.05) is 12.1 Å². The molecule has 0 spiro atoms. The molecular weight excluding hydrogens is 450 g/mol. The number of ether oxygens (including phenoxy) is 2. The summed E-state index contributed by atoms with van der Waals surface area (Å²) in [6.45, 7) is 2.99. The Morgan fingerprint density at radius 2 is 2.19 bits per heavy atom. The standard InChI is InChI=1S/C17H19N5O7S2/c1-3-10(23)28-7(2)29-16(26)9-4-5-30-15-12(14(25)22(9)15)20-13(24)11(21-27)8-6-31-17(18)19-8/h4,6-7,12,15,27H,3,5H2,1-2H3,(H2,18,19)(H,20,24)/t7?,12?,15-/m0/s1. The second kappa shape index (κ2) is 9.34. The number of thiazole rings is 1. The Morgan fingerprint density at radius 1 is 1.45 bits per heavy atom. The Hall–Kier alpha value is -3.13. The van der Waals surface area contributed by atoms with Crippen molar-refractivity contribution in [1.82, 2.24) is 15.2 Å². The fourth-order valence-electron chi connectivity index (χ4n) is 2.85. The van der Waals surface area contributed by atoms with Crippen molar-refractivity contribution in [2.24, 2.45) is 5.16 Å². The maximum atomic E-state index is 12.6. The zero-order valence-electron chi connectivity index (χ0n) is 16.4. The number of rotatable bonds is 7. The Morgan fingerprint density at radius 3 is 2.81 bits per heavy atom. The molecule has 0 radical (unpaired) electrons. The number of nitrogens with two attached hydrogens (primary N) is 1. The molecule has 0 aromatic carbocycles. The number of aromatic nitrogens is 1. The van der Waals surface area contributed by atoms with Crippen molar-refractivity contribution in [3.8, 4) is 0 Å². The van der Waals surface area contributed by atoms with E-state index in [1.807, 2.05) is 0 Å². The summed E-state index contributed by atoms with van der Waals surface area (Å²) in [6.07, 6.45) is 0.531. The molecule has 3 rings (SSSR count). The monoisotopic (exact) mass is 469 g/mol. The number of nitrogen functional groups attached to an aromatic ring is 1. The van der Waals surface area contributed by atoms with Gasteiger partial charge in [-0.05, 0) is 6.08 Å². The third-order valence-electron chi connectivity index (χ3n) is 4.28. The summed E-state index contributed by atoms with van der Waals surface area (Å²) in [6, 6.07) is -0.947. The van der Waals surface area contributed by atoms with Crippen LogP contribution in [0.5, 0.6) is 0 Å². The van der Waals surface area contributed by atoms with Gasteiger partial charge in [-0.25, -0.2) is 9.78 Å². The third-order valence-corrected chi connectivity index (χ3v) is 6.14. The lowest BCUT2D eigenvalue weighted by molar-refractivity contribution is -0.183. The summed E-state index contributed by atoms with van der Waals surface area (Å²) < 4.78 is 9.98. The van der Waals surface area contributed by atoms with E-state index in [4.69, 9.17) is 15.2 Å². The number of hydrogen-bond acceptors (Lipinski definition) is 12. The number of carbonyl (C=O) groups is 4. The Balaban J connectivity index is 1.64. The lowest BCUT2D eigenvalue weighted by Gasteiger charge is -2.48. The number of fused-ring (bicyclic) bond motifs is 1. The number of oxime groups is 1. The van der Waals surface area contributed by atoms with Crippen LogP contribution in [0.15, 0.2) is 22.3 Å². The van der Waals surface area contributed by atoms with E-state index in [1.54, 1.807) is 6.92 Å². The molecule has 2 aliphatic rings. The van der Waals surface area contributed by atoms with Gasteiger partial charge in [0, 0.05) is 24.5 Å². The van der Waals surface area contributed by atoms with Crippen molar-refractivity contribution < 1.29 is 33.9 Å². The quantitative estimate of drug-likeness (QED) is 0.123. The molecule has 2 unspecified atom stereocenters. The summed E-state index contributed by atoms with van der Waals surface area (Å²) in [7, 11) is 0. The number of amides is 2. The first-order valence-corrected chi connectivity index (χ1v) is 11.0. The van der Waals surface area contributed by atoms with Gasteiger partial charge in [0.2, 0.25) is 6.29 Å². The number of carbonyl (C=O) groups excluding carboxylic acids is 4. The Kier molecular flexibility index (Phi) is 6.80. The first-order valence-electron chi connectivity index (χ1n) is 9.06. The second-order valence-corrected chi connectivity index (χ2v) is 8.35. The molecule has 3 heterocycles. The van der Waals surface area contributed by atoms with Crippen molar-refractivity contribution in [1.29, 1.82) is 0 Å².